The highest BCUT2D eigenvalue weighted by atomic mass is 32.1. The minimum absolute atomic E-state index is 0.0656. The van der Waals surface area contributed by atoms with Gasteiger partial charge < -0.3 is 9.84 Å². The van der Waals surface area contributed by atoms with Gasteiger partial charge in [-0.25, -0.2) is 9.97 Å². The number of amides is 1. The first-order valence-corrected chi connectivity index (χ1v) is 13.8. The van der Waals surface area contributed by atoms with E-state index in [2.05, 4.69) is 9.97 Å². The van der Waals surface area contributed by atoms with Crippen molar-refractivity contribution >= 4 is 45.3 Å². The van der Waals surface area contributed by atoms with Gasteiger partial charge in [0, 0.05) is 6.92 Å². The lowest BCUT2D eigenvalue weighted by molar-refractivity contribution is -0.117. The Morgan fingerprint density at radius 1 is 0.974 bits per heavy atom. The first kappa shape index (κ1) is 26.5. The second-order valence-electron chi connectivity index (χ2n) is 9.13. The highest BCUT2D eigenvalue weighted by Gasteiger charge is 2.46. The van der Waals surface area contributed by atoms with Crippen LogP contribution in [0, 0.1) is 20.8 Å². The molecule has 0 radical (unpaired) electrons. The van der Waals surface area contributed by atoms with Gasteiger partial charge in [0.2, 0.25) is 5.78 Å². The zero-order valence-corrected chi connectivity index (χ0v) is 23.4. The maximum Gasteiger partial charge on any atom is 0.296 e. The molecule has 0 aliphatic carbocycles. The van der Waals surface area contributed by atoms with Crippen molar-refractivity contribution in [3.05, 3.63) is 103 Å². The van der Waals surface area contributed by atoms with E-state index in [9.17, 15) is 19.5 Å². The lowest BCUT2D eigenvalue weighted by Gasteiger charge is -2.25. The van der Waals surface area contributed by atoms with E-state index in [1.807, 2.05) is 30.3 Å². The van der Waals surface area contributed by atoms with Gasteiger partial charge in [-0.1, -0.05) is 53.8 Å². The number of hydrogen-bond acceptors (Lipinski definition) is 9. The Labute approximate surface area is 233 Å². The lowest BCUT2D eigenvalue weighted by Crippen LogP contribution is -2.31. The standard InChI is InChI=1S/C29H25N3O5S2/c1-15-26(17(3)33)39-29(31-15)32-23(20-11-8-12-21(13-20)37-14-19-9-6-5-7-10-19)22(25(35)28(32)36)24(34)27-16(2)30-18(4)38-27/h5-13,23,35H,14H2,1-4H3. The lowest BCUT2D eigenvalue weighted by atomic mass is 9.95. The summed E-state index contributed by atoms with van der Waals surface area (Å²) in [5.74, 6) is -1.54. The molecule has 2 aromatic carbocycles. The summed E-state index contributed by atoms with van der Waals surface area (Å²) < 4.78 is 6.01. The highest BCUT2D eigenvalue weighted by Crippen LogP contribution is 2.45. The van der Waals surface area contributed by atoms with Gasteiger partial charge >= 0.3 is 0 Å². The zero-order chi connectivity index (χ0) is 27.8. The van der Waals surface area contributed by atoms with Crippen molar-refractivity contribution in [2.75, 3.05) is 4.90 Å². The number of aromatic nitrogens is 2. The molecular formula is C29H25N3O5S2. The number of benzene rings is 2. The zero-order valence-electron chi connectivity index (χ0n) is 21.7. The number of ketones is 2. The monoisotopic (exact) mass is 559 g/mol. The Bertz CT molecular complexity index is 1640. The van der Waals surface area contributed by atoms with Crippen molar-refractivity contribution < 1.29 is 24.2 Å². The van der Waals surface area contributed by atoms with Gasteiger partial charge in [0.15, 0.2) is 16.7 Å². The smallest absolute Gasteiger partial charge is 0.296 e. The van der Waals surface area contributed by atoms with Crippen LogP contribution in [0.25, 0.3) is 0 Å². The van der Waals surface area contributed by atoms with Crippen LogP contribution in [0.5, 0.6) is 5.75 Å². The number of carbonyl (C=O) groups excluding carboxylic acids is 3. The molecule has 8 nitrogen and oxygen atoms in total. The van der Waals surface area contributed by atoms with Crippen molar-refractivity contribution in [3.63, 3.8) is 0 Å². The van der Waals surface area contributed by atoms with Gasteiger partial charge in [0.05, 0.1) is 37.8 Å². The molecule has 4 aromatic rings. The average molecular weight is 560 g/mol. The third kappa shape index (κ3) is 5.00. The topological polar surface area (TPSA) is 110 Å². The normalized spacial score (nSPS) is 15.2. The second kappa shape index (κ2) is 10.5. The first-order chi connectivity index (χ1) is 18.7. The van der Waals surface area contributed by atoms with Crippen LogP contribution in [0.1, 0.15) is 59.8 Å². The number of Topliss-reactive ketones (excluding diaryl/α,β-unsaturated/α-hetero) is 2. The minimum atomic E-state index is -0.988. The van der Waals surface area contributed by atoms with E-state index in [0.717, 1.165) is 16.9 Å². The van der Waals surface area contributed by atoms with Crippen molar-refractivity contribution in [2.45, 2.75) is 40.3 Å². The predicted octanol–water partition coefficient (Wildman–Crippen LogP) is 6.09. The molecule has 1 N–H and O–H groups in total. The number of aliphatic hydroxyl groups is 1. The molecule has 1 atom stereocenters. The molecule has 0 saturated carbocycles. The summed E-state index contributed by atoms with van der Waals surface area (Å²) in [4.78, 5) is 50.4. The fourth-order valence-electron chi connectivity index (χ4n) is 4.54. The molecule has 1 amide bonds. The molecule has 0 saturated heterocycles. The van der Waals surface area contributed by atoms with Crippen molar-refractivity contribution in [2.24, 2.45) is 0 Å². The molecule has 39 heavy (non-hydrogen) atoms. The van der Waals surface area contributed by atoms with E-state index in [1.54, 1.807) is 45.0 Å². The van der Waals surface area contributed by atoms with Crippen LogP contribution < -0.4 is 9.64 Å². The fraction of sp³-hybridized carbons (Fsp3) is 0.207. The Hall–Kier alpha value is -4.15. The number of anilines is 1. The van der Waals surface area contributed by atoms with E-state index in [-0.39, 0.29) is 16.5 Å². The van der Waals surface area contributed by atoms with Gasteiger partial charge in [0.1, 0.15) is 12.4 Å². The average Bonchev–Trinajstić information content (AvgIpc) is 3.55. The number of hydrogen-bond donors (Lipinski definition) is 1. The number of aryl methyl sites for hydroxylation is 3. The van der Waals surface area contributed by atoms with Crippen LogP contribution in [0.15, 0.2) is 65.9 Å². The van der Waals surface area contributed by atoms with Crippen molar-refractivity contribution in [1.82, 2.24) is 9.97 Å². The SMILES string of the molecule is CC(=O)c1sc(N2C(=O)C(O)=C(C(=O)c3sc(C)nc3C)C2c2cccc(OCc3ccccc3)c2)nc1C. The van der Waals surface area contributed by atoms with E-state index in [4.69, 9.17) is 4.74 Å². The van der Waals surface area contributed by atoms with E-state index < -0.39 is 23.5 Å². The summed E-state index contributed by atoms with van der Waals surface area (Å²) in [5, 5.41) is 12.0. The molecule has 1 aliphatic heterocycles. The molecule has 10 heteroatoms. The Morgan fingerprint density at radius 2 is 1.69 bits per heavy atom. The Morgan fingerprint density at radius 3 is 2.33 bits per heavy atom. The maximum absolute atomic E-state index is 13.8. The highest BCUT2D eigenvalue weighted by molar-refractivity contribution is 7.18. The van der Waals surface area contributed by atoms with Gasteiger partial charge in [-0.15, -0.1) is 11.3 Å². The number of rotatable bonds is 8. The summed E-state index contributed by atoms with van der Waals surface area (Å²) in [6, 6.07) is 15.8. The van der Waals surface area contributed by atoms with E-state index >= 15 is 0 Å². The van der Waals surface area contributed by atoms with Gasteiger partial charge in [-0.3, -0.25) is 19.3 Å². The van der Waals surface area contributed by atoms with Gasteiger partial charge in [0.25, 0.3) is 5.91 Å². The summed E-state index contributed by atoms with van der Waals surface area (Å²) in [5.41, 5.74) is 2.47. The maximum atomic E-state index is 13.8. The largest absolute Gasteiger partial charge is 0.503 e. The number of thiazole rings is 2. The van der Waals surface area contributed by atoms with E-state index in [0.29, 0.717) is 44.1 Å². The van der Waals surface area contributed by atoms with Gasteiger partial charge in [-0.2, -0.15) is 0 Å². The molecule has 1 unspecified atom stereocenters. The van der Waals surface area contributed by atoms with Gasteiger partial charge in [-0.05, 0) is 44.0 Å². The quantitative estimate of drug-likeness (QED) is 0.260. The number of ether oxygens (including phenoxy) is 1. The molecule has 0 spiro atoms. The molecule has 2 aromatic heterocycles. The molecule has 5 rings (SSSR count). The van der Waals surface area contributed by atoms with Crippen LogP contribution in [-0.4, -0.2) is 32.5 Å². The number of carbonyl (C=O) groups is 3. The van der Waals surface area contributed by atoms with Crippen LogP contribution >= 0.6 is 22.7 Å². The molecule has 0 bridgehead atoms. The fourth-order valence-corrected chi connectivity index (χ4v) is 6.40. The summed E-state index contributed by atoms with van der Waals surface area (Å²) in [6.45, 7) is 6.96. The van der Waals surface area contributed by atoms with Crippen LogP contribution in [0.2, 0.25) is 0 Å². The number of nitrogens with zero attached hydrogens (tertiary/aromatic N) is 3. The Balaban J connectivity index is 1.60. The van der Waals surface area contributed by atoms with Crippen LogP contribution in [0.4, 0.5) is 5.13 Å². The molecular weight excluding hydrogens is 534 g/mol. The Kier molecular flexibility index (Phi) is 7.16. The second-order valence-corrected chi connectivity index (χ2v) is 11.3. The number of aliphatic hydroxyl groups excluding tert-OH is 1. The predicted molar refractivity (Wildman–Crippen MR) is 150 cm³/mol. The molecule has 198 valence electrons. The molecule has 3 heterocycles. The van der Waals surface area contributed by atoms with E-state index in [1.165, 1.54) is 23.2 Å². The molecule has 1 aliphatic rings. The van der Waals surface area contributed by atoms with Crippen LogP contribution in [-0.2, 0) is 11.4 Å². The van der Waals surface area contributed by atoms with Crippen molar-refractivity contribution in [3.8, 4) is 5.75 Å². The third-order valence-corrected chi connectivity index (χ3v) is 8.62. The minimum Gasteiger partial charge on any atom is -0.503 e. The summed E-state index contributed by atoms with van der Waals surface area (Å²) in [7, 11) is 0. The first-order valence-electron chi connectivity index (χ1n) is 12.2. The van der Waals surface area contributed by atoms with Crippen molar-refractivity contribution in [1.29, 1.82) is 0 Å². The summed E-state index contributed by atoms with van der Waals surface area (Å²) >= 11 is 2.26. The molecule has 0 fully saturated rings. The third-order valence-electron chi connectivity index (χ3n) is 6.30. The van der Waals surface area contributed by atoms with Crippen LogP contribution in [0.3, 0.4) is 0 Å². The summed E-state index contributed by atoms with van der Waals surface area (Å²) in [6.07, 6.45) is 0.